The van der Waals surface area contributed by atoms with Crippen LogP contribution in [0, 0.1) is 13.8 Å². The quantitative estimate of drug-likeness (QED) is 0.919. The average Bonchev–Trinajstić information content (AvgIpc) is 2.66. The smallest absolute Gasteiger partial charge is 0.250 e. The standard InChI is InChI=1S/C15H18N2O2/c1-9-5-6-14(19-4)12(7-9)13-8-11(15(16)18)10(2)17(13)3/h5-8H,1-4H3,(H2,16,18). The van der Waals surface area contributed by atoms with Crippen LogP contribution in [0.4, 0.5) is 0 Å². The molecule has 1 aromatic heterocycles. The number of primary amides is 1. The van der Waals surface area contributed by atoms with Gasteiger partial charge in [0.1, 0.15) is 5.75 Å². The summed E-state index contributed by atoms with van der Waals surface area (Å²) in [7, 11) is 3.55. The van der Waals surface area contributed by atoms with Gasteiger partial charge in [0.25, 0.3) is 5.91 Å². The minimum absolute atomic E-state index is 0.411. The van der Waals surface area contributed by atoms with Gasteiger partial charge in [-0.2, -0.15) is 0 Å². The molecular weight excluding hydrogens is 240 g/mol. The molecule has 1 aromatic carbocycles. The molecule has 19 heavy (non-hydrogen) atoms. The van der Waals surface area contributed by atoms with Gasteiger partial charge in [0.05, 0.1) is 18.4 Å². The summed E-state index contributed by atoms with van der Waals surface area (Å²) in [5, 5.41) is 0. The summed E-state index contributed by atoms with van der Waals surface area (Å²) in [5.41, 5.74) is 9.80. The van der Waals surface area contributed by atoms with Crippen LogP contribution >= 0.6 is 0 Å². The molecule has 0 aliphatic rings. The lowest BCUT2D eigenvalue weighted by Crippen LogP contribution is -2.11. The van der Waals surface area contributed by atoms with Crippen LogP contribution in [-0.2, 0) is 7.05 Å². The van der Waals surface area contributed by atoms with E-state index in [-0.39, 0.29) is 0 Å². The maximum absolute atomic E-state index is 11.4. The van der Waals surface area contributed by atoms with Crippen LogP contribution in [-0.4, -0.2) is 17.6 Å². The molecule has 2 rings (SSSR count). The van der Waals surface area contributed by atoms with Crippen molar-refractivity contribution in [1.82, 2.24) is 4.57 Å². The number of carbonyl (C=O) groups excluding carboxylic acids is 1. The molecule has 2 N–H and O–H groups in total. The van der Waals surface area contributed by atoms with Crippen molar-refractivity contribution in [3.05, 3.63) is 41.1 Å². The number of ether oxygens (including phenoxy) is 1. The second-order valence-electron chi connectivity index (χ2n) is 4.66. The lowest BCUT2D eigenvalue weighted by atomic mass is 10.1. The third kappa shape index (κ3) is 2.21. The zero-order chi connectivity index (χ0) is 14.2. The van der Waals surface area contributed by atoms with Crippen molar-refractivity contribution < 1.29 is 9.53 Å². The minimum Gasteiger partial charge on any atom is -0.496 e. The number of methoxy groups -OCH3 is 1. The summed E-state index contributed by atoms with van der Waals surface area (Å²) in [6.45, 7) is 3.90. The van der Waals surface area contributed by atoms with Crippen LogP contribution in [0.3, 0.4) is 0 Å². The number of hydrogen-bond donors (Lipinski definition) is 1. The highest BCUT2D eigenvalue weighted by Crippen LogP contribution is 2.33. The van der Waals surface area contributed by atoms with E-state index in [1.807, 2.05) is 49.7 Å². The lowest BCUT2D eigenvalue weighted by molar-refractivity contribution is 0.0999. The zero-order valence-corrected chi connectivity index (χ0v) is 11.7. The molecule has 0 spiro atoms. The van der Waals surface area contributed by atoms with Crippen LogP contribution in [0.2, 0.25) is 0 Å². The van der Waals surface area contributed by atoms with Gasteiger partial charge in [-0.3, -0.25) is 4.79 Å². The van der Waals surface area contributed by atoms with Crippen molar-refractivity contribution in [2.45, 2.75) is 13.8 Å². The number of aromatic nitrogens is 1. The molecule has 0 bridgehead atoms. The Bertz CT molecular complexity index is 642. The molecule has 4 heteroatoms. The number of rotatable bonds is 3. The second kappa shape index (κ2) is 4.80. The van der Waals surface area contributed by atoms with Crippen molar-refractivity contribution in [1.29, 1.82) is 0 Å². The molecule has 0 aliphatic carbocycles. The zero-order valence-electron chi connectivity index (χ0n) is 11.7. The van der Waals surface area contributed by atoms with Crippen LogP contribution in [0.5, 0.6) is 5.75 Å². The molecule has 2 aromatic rings. The number of nitrogens with zero attached hydrogens (tertiary/aromatic N) is 1. The molecule has 0 fully saturated rings. The normalized spacial score (nSPS) is 10.5. The molecule has 0 saturated carbocycles. The van der Waals surface area contributed by atoms with E-state index in [2.05, 4.69) is 0 Å². The van der Waals surface area contributed by atoms with Crippen LogP contribution in [0.25, 0.3) is 11.3 Å². The van der Waals surface area contributed by atoms with Crippen molar-refractivity contribution in [3.63, 3.8) is 0 Å². The highest BCUT2D eigenvalue weighted by Gasteiger charge is 2.17. The lowest BCUT2D eigenvalue weighted by Gasteiger charge is -2.11. The van der Waals surface area contributed by atoms with E-state index in [0.717, 1.165) is 28.3 Å². The van der Waals surface area contributed by atoms with Gasteiger partial charge >= 0.3 is 0 Å². The molecule has 1 amide bonds. The highest BCUT2D eigenvalue weighted by atomic mass is 16.5. The van der Waals surface area contributed by atoms with Crippen LogP contribution < -0.4 is 10.5 Å². The Hall–Kier alpha value is -2.23. The predicted octanol–water partition coefficient (Wildman–Crippen LogP) is 2.42. The Balaban J connectivity index is 2.69. The second-order valence-corrected chi connectivity index (χ2v) is 4.66. The van der Waals surface area contributed by atoms with E-state index in [0.29, 0.717) is 5.56 Å². The van der Waals surface area contributed by atoms with E-state index >= 15 is 0 Å². The van der Waals surface area contributed by atoms with E-state index < -0.39 is 5.91 Å². The average molecular weight is 258 g/mol. The summed E-state index contributed by atoms with van der Waals surface area (Å²) in [5.74, 6) is 0.369. The summed E-state index contributed by atoms with van der Waals surface area (Å²) in [6.07, 6.45) is 0. The first kappa shape index (κ1) is 13.2. The van der Waals surface area contributed by atoms with Crippen LogP contribution in [0.15, 0.2) is 24.3 Å². The Labute approximate surface area is 112 Å². The number of carbonyl (C=O) groups is 1. The van der Waals surface area contributed by atoms with Crippen molar-refractivity contribution >= 4 is 5.91 Å². The fraction of sp³-hybridized carbons (Fsp3) is 0.267. The first-order chi connectivity index (χ1) is 8.95. The first-order valence-electron chi connectivity index (χ1n) is 6.06. The van der Waals surface area contributed by atoms with Crippen molar-refractivity contribution in [2.24, 2.45) is 12.8 Å². The Morgan fingerprint density at radius 1 is 1.26 bits per heavy atom. The molecule has 1 heterocycles. The Kier molecular flexibility index (Phi) is 3.34. The molecule has 100 valence electrons. The van der Waals surface area contributed by atoms with Gasteiger partial charge in [-0.1, -0.05) is 11.6 Å². The topological polar surface area (TPSA) is 57.2 Å². The fourth-order valence-corrected chi connectivity index (χ4v) is 2.23. The molecule has 0 aliphatic heterocycles. The minimum atomic E-state index is -0.411. The van der Waals surface area contributed by atoms with E-state index in [4.69, 9.17) is 10.5 Å². The molecule has 0 atom stereocenters. The van der Waals surface area contributed by atoms with E-state index in [1.54, 1.807) is 7.11 Å². The maximum atomic E-state index is 11.4. The highest BCUT2D eigenvalue weighted by molar-refractivity contribution is 5.96. The van der Waals surface area contributed by atoms with Gasteiger partial charge < -0.3 is 15.0 Å². The van der Waals surface area contributed by atoms with Crippen molar-refractivity contribution in [2.75, 3.05) is 7.11 Å². The molecule has 0 saturated heterocycles. The SMILES string of the molecule is COc1ccc(C)cc1-c1cc(C(N)=O)c(C)n1C. The van der Waals surface area contributed by atoms with Crippen molar-refractivity contribution in [3.8, 4) is 17.0 Å². The molecule has 0 unspecified atom stereocenters. The summed E-state index contributed by atoms with van der Waals surface area (Å²) >= 11 is 0. The maximum Gasteiger partial charge on any atom is 0.250 e. The Morgan fingerprint density at radius 3 is 2.47 bits per heavy atom. The van der Waals surface area contributed by atoms with E-state index in [9.17, 15) is 4.79 Å². The van der Waals surface area contributed by atoms with Gasteiger partial charge in [-0.05, 0) is 32.0 Å². The number of amides is 1. The predicted molar refractivity (Wildman–Crippen MR) is 75.4 cm³/mol. The molecule has 4 nitrogen and oxygen atoms in total. The summed E-state index contributed by atoms with van der Waals surface area (Å²) in [6, 6.07) is 7.78. The molecular formula is C15H18N2O2. The Morgan fingerprint density at radius 2 is 1.95 bits per heavy atom. The number of benzene rings is 1. The van der Waals surface area contributed by atoms with Gasteiger partial charge in [0, 0.05) is 18.3 Å². The third-order valence-electron chi connectivity index (χ3n) is 3.43. The number of nitrogens with two attached hydrogens (primary N) is 1. The third-order valence-corrected chi connectivity index (χ3v) is 3.43. The number of aryl methyl sites for hydroxylation is 1. The monoisotopic (exact) mass is 258 g/mol. The van der Waals surface area contributed by atoms with Gasteiger partial charge in [-0.25, -0.2) is 0 Å². The van der Waals surface area contributed by atoms with E-state index in [1.165, 1.54) is 0 Å². The summed E-state index contributed by atoms with van der Waals surface area (Å²) < 4.78 is 7.35. The first-order valence-corrected chi connectivity index (χ1v) is 6.06. The fourth-order valence-electron chi connectivity index (χ4n) is 2.23. The van der Waals surface area contributed by atoms with Gasteiger partial charge in [0.15, 0.2) is 0 Å². The van der Waals surface area contributed by atoms with Gasteiger partial charge in [0.2, 0.25) is 0 Å². The molecule has 0 radical (unpaired) electrons. The largest absolute Gasteiger partial charge is 0.496 e. The van der Waals surface area contributed by atoms with Gasteiger partial charge in [-0.15, -0.1) is 0 Å². The van der Waals surface area contributed by atoms with Crippen LogP contribution in [0.1, 0.15) is 21.6 Å². The summed E-state index contributed by atoms with van der Waals surface area (Å²) in [4.78, 5) is 11.4. The number of hydrogen-bond acceptors (Lipinski definition) is 2.